The molecule has 1 aliphatic heterocycles. The molecule has 1 amide bonds. The summed E-state index contributed by atoms with van der Waals surface area (Å²) in [5.41, 5.74) is -0.0839. The van der Waals surface area contributed by atoms with Gasteiger partial charge in [0.2, 0.25) is 0 Å². The molecule has 130 valence electrons. The highest BCUT2D eigenvalue weighted by Crippen LogP contribution is 2.31. The molecular formula is C17H30N3O3+. The van der Waals surface area contributed by atoms with Crippen molar-refractivity contribution in [3.63, 3.8) is 0 Å². The van der Waals surface area contributed by atoms with Crippen LogP contribution in [0.5, 0.6) is 0 Å². The highest BCUT2D eigenvalue weighted by Gasteiger charge is 2.34. The van der Waals surface area contributed by atoms with E-state index in [2.05, 4.69) is 24.3 Å². The molecule has 0 aromatic rings. The van der Waals surface area contributed by atoms with E-state index in [9.17, 15) is 9.90 Å². The molecule has 0 radical (unpaired) electrons. The van der Waals surface area contributed by atoms with E-state index in [-0.39, 0.29) is 17.6 Å². The van der Waals surface area contributed by atoms with Crippen LogP contribution in [0.4, 0.5) is 0 Å². The number of likely N-dealkylation sites (N-methyl/N-ethyl adjacent to an activating group) is 2. The maximum absolute atomic E-state index is 12.4. The van der Waals surface area contributed by atoms with Gasteiger partial charge in [0.15, 0.2) is 6.54 Å². The summed E-state index contributed by atoms with van der Waals surface area (Å²) in [4.78, 5) is 14.7. The third kappa shape index (κ3) is 4.13. The number of hydrogen-bond acceptors (Lipinski definition) is 4. The lowest BCUT2D eigenvalue weighted by Crippen LogP contribution is -2.59. The fourth-order valence-corrected chi connectivity index (χ4v) is 3.07. The molecule has 1 fully saturated rings. The second kappa shape index (κ2) is 6.63. The minimum atomic E-state index is -0.527. The predicted octanol–water partition coefficient (Wildman–Crippen LogP) is 0.875. The van der Waals surface area contributed by atoms with Gasteiger partial charge in [-0.1, -0.05) is 6.92 Å². The molecule has 0 saturated carbocycles. The van der Waals surface area contributed by atoms with E-state index in [0.29, 0.717) is 12.2 Å². The quantitative estimate of drug-likeness (QED) is 0.754. The molecule has 0 spiro atoms. The van der Waals surface area contributed by atoms with Crippen LogP contribution in [0.15, 0.2) is 23.6 Å². The summed E-state index contributed by atoms with van der Waals surface area (Å²) < 4.78 is 6.27. The standard InChI is InChI=1S/C17H29N3O3/c1-13-10-15(21)14(11-17(13,2)23-5)18-16(22)12-20(4)8-6-19(3)7-9-20/h10-11,13H,6-9,12H2,1-5H3,(H-,18,21,22)/p+1. The monoisotopic (exact) mass is 324 g/mol. The number of rotatable bonds is 4. The second-order valence-corrected chi connectivity index (χ2v) is 7.36. The number of hydrogen-bond donors (Lipinski definition) is 2. The highest BCUT2D eigenvalue weighted by molar-refractivity contribution is 5.79. The molecule has 6 nitrogen and oxygen atoms in total. The van der Waals surface area contributed by atoms with Crippen LogP contribution in [0, 0.1) is 5.92 Å². The van der Waals surface area contributed by atoms with Crippen molar-refractivity contribution in [3.05, 3.63) is 23.6 Å². The first kappa shape index (κ1) is 18.0. The van der Waals surface area contributed by atoms with E-state index in [1.165, 1.54) is 0 Å². The number of methoxy groups -OCH3 is 1. The molecule has 6 heteroatoms. The molecule has 1 heterocycles. The van der Waals surface area contributed by atoms with Gasteiger partial charge in [0, 0.05) is 26.1 Å². The van der Waals surface area contributed by atoms with Crippen molar-refractivity contribution >= 4 is 5.91 Å². The van der Waals surface area contributed by atoms with Gasteiger partial charge < -0.3 is 19.6 Å². The second-order valence-electron chi connectivity index (χ2n) is 7.36. The van der Waals surface area contributed by atoms with Gasteiger partial charge in [-0.15, -0.1) is 0 Å². The summed E-state index contributed by atoms with van der Waals surface area (Å²) in [6.07, 6.45) is 3.53. The number of nitrogens with one attached hydrogen (secondary N) is 1. The van der Waals surface area contributed by atoms with Crippen molar-refractivity contribution in [1.82, 2.24) is 10.2 Å². The van der Waals surface area contributed by atoms with Crippen LogP contribution in [0.3, 0.4) is 0 Å². The molecule has 2 aliphatic rings. The largest absolute Gasteiger partial charge is 0.506 e. The van der Waals surface area contributed by atoms with Gasteiger partial charge in [-0.05, 0) is 26.1 Å². The molecule has 1 saturated heterocycles. The summed E-state index contributed by atoms with van der Waals surface area (Å²) in [5.74, 6) is 0.0768. The van der Waals surface area contributed by atoms with Crippen LogP contribution >= 0.6 is 0 Å². The average Bonchev–Trinajstić information content (AvgIpc) is 2.48. The fraction of sp³-hybridized carbons (Fsp3) is 0.706. The number of carbonyl (C=O) groups is 1. The molecule has 2 unspecified atom stereocenters. The molecule has 2 atom stereocenters. The zero-order chi connectivity index (χ0) is 17.3. The summed E-state index contributed by atoms with van der Waals surface area (Å²) in [6, 6.07) is 0. The highest BCUT2D eigenvalue weighted by atomic mass is 16.5. The Morgan fingerprint density at radius 1 is 1.52 bits per heavy atom. The van der Waals surface area contributed by atoms with Gasteiger partial charge in [-0.3, -0.25) is 9.69 Å². The number of quaternary nitrogens is 1. The van der Waals surface area contributed by atoms with Crippen molar-refractivity contribution in [1.29, 1.82) is 0 Å². The third-order valence-corrected chi connectivity index (χ3v) is 5.30. The number of ether oxygens (including phenoxy) is 1. The summed E-state index contributed by atoms with van der Waals surface area (Å²) in [6.45, 7) is 8.24. The van der Waals surface area contributed by atoms with Gasteiger partial charge in [-0.25, -0.2) is 0 Å². The Labute approximate surface area is 139 Å². The number of carbonyl (C=O) groups excluding carboxylic acids is 1. The summed E-state index contributed by atoms with van der Waals surface area (Å²) in [5, 5.41) is 13.0. The number of aliphatic hydroxyl groups is 1. The number of aliphatic hydroxyl groups excluding tert-OH is 1. The first-order valence-corrected chi connectivity index (χ1v) is 8.18. The van der Waals surface area contributed by atoms with Crippen molar-refractivity contribution in [2.45, 2.75) is 19.4 Å². The van der Waals surface area contributed by atoms with Crippen LogP contribution in [0.2, 0.25) is 0 Å². The lowest BCUT2D eigenvalue weighted by Gasteiger charge is -2.40. The number of nitrogens with zero attached hydrogens (tertiary/aromatic N) is 2. The van der Waals surface area contributed by atoms with Gasteiger partial charge in [0.1, 0.15) is 5.76 Å². The molecule has 0 aromatic carbocycles. The zero-order valence-electron chi connectivity index (χ0n) is 14.9. The van der Waals surface area contributed by atoms with Crippen molar-refractivity contribution in [2.75, 3.05) is 53.9 Å². The minimum absolute atomic E-state index is 0.0373. The Bertz CT molecular complexity index is 521. The fourth-order valence-electron chi connectivity index (χ4n) is 3.07. The molecule has 23 heavy (non-hydrogen) atoms. The summed E-state index contributed by atoms with van der Waals surface area (Å²) >= 11 is 0. The van der Waals surface area contributed by atoms with Crippen LogP contribution in [-0.4, -0.2) is 79.9 Å². The predicted molar refractivity (Wildman–Crippen MR) is 89.8 cm³/mol. The van der Waals surface area contributed by atoms with Gasteiger partial charge in [0.25, 0.3) is 5.91 Å². The van der Waals surface area contributed by atoms with E-state index in [1.54, 1.807) is 19.3 Å². The first-order chi connectivity index (χ1) is 10.7. The van der Waals surface area contributed by atoms with E-state index in [0.717, 1.165) is 30.7 Å². The molecular weight excluding hydrogens is 294 g/mol. The Balaban J connectivity index is 2.02. The van der Waals surface area contributed by atoms with Crippen LogP contribution in [0.1, 0.15) is 13.8 Å². The Morgan fingerprint density at radius 3 is 2.70 bits per heavy atom. The Morgan fingerprint density at radius 2 is 2.13 bits per heavy atom. The average molecular weight is 324 g/mol. The van der Waals surface area contributed by atoms with E-state index in [1.807, 2.05) is 13.8 Å². The lowest BCUT2D eigenvalue weighted by molar-refractivity contribution is -0.906. The van der Waals surface area contributed by atoms with Crippen LogP contribution in [-0.2, 0) is 9.53 Å². The smallest absolute Gasteiger partial charge is 0.279 e. The lowest BCUT2D eigenvalue weighted by atomic mass is 9.85. The Hall–Kier alpha value is -1.37. The normalized spacial score (nSPS) is 31.3. The van der Waals surface area contributed by atoms with Gasteiger partial charge in [-0.2, -0.15) is 0 Å². The topological polar surface area (TPSA) is 61.8 Å². The van der Waals surface area contributed by atoms with E-state index >= 15 is 0 Å². The van der Waals surface area contributed by atoms with Gasteiger partial charge >= 0.3 is 0 Å². The number of piperazine rings is 1. The molecule has 2 rings (SSSR count). The first-order valence-electron chi connectivity index (χ1n) is 8.18. The molecule has 1 aliphatic carbocycles. The van der Waals surface area contributed by atoms with Crippen molar-refractivity contribution in [3.8, 4) is 0 Å². The summed E-state index contributed by atoms with van der Waals surface area (Å²) in [7, 11) is 5.85. The van der Waals surface area contributed by atoms with Crippen molar-refractivity contribution < 1.29 is 19.1 Å². The zero-order valence-corrected chi connectivity index (χ0v) is 14.9. The number of amides is 1. The van der Waals surface area contributed by atoms with E-state index < -0.39 is 5.60 Å². The SMILES string of the molecule is COC1(C)C=C(NC(=O)C[N+]2(C)CCN(C)CC2)C(O)=CC1C. The maximum Gasteiger partial charge on any atom is 0.279 e. The minimum Gasteiger partial charge on any atom is -0.506 e. The van der Waals surface area contributed by atoms with Crippen molar-refractivity contribution in [2.24, 2.45) is 5.92 Å². The maximum atomic E-state index is 12.4. The van der Waals surface area contributed by atoms with Crippen LogP contribution < -0.4 is 5.32 Å². The Kier molecular flexibility index (Phi) is 5.18. The molecule has 2 N–H and O–H groups in total. The van der Waals surface area contributed by atoms with Crippen LogP contribution in [0.25, 0.3) is 0 Å². The molecule has 0 bridgehead atoms. The van der Waals surface area contributed by atoms with Gasteiger partial charge in [0.05, 0.1) is 31.4 Å². The third-order valence-electron chi connectivity index (χ3n) is 5.30. The molecule has 0 aromatic heterocycles. The van der Waals surface area contributed by atoms with E-state index in [4.69, 9.17) is 4.74 Å².